The number of hydrogen-bond acceptors (Lipinski definition) is 2. The first-order valence-corrected chi connectivity index (χ1v) is 7.50. The first-order chi connectivity index (χ1) is 10.6. The van der Waals surface area contributed by atoms with E-state index in [-0.39, 0.29) is 5.75 Å². The number of phenols is 1. The Morgan fingerprint density at radius 3 is 2.41 bits per heavy atom. The minimum Gasteiger partial charge on any atom is -0.506 e. The second-order valence-electron chi connectivity index (χ2n) is 5.74. The Hall–Kier alpha value is -2.61. The molecule has 0 spiro atoms. The van der Waals surface area contributed by atoms with Crippen LogP contribution in [-0.2, 0) is 0 Å². The highest BCUT2D eigenvalue weighted by molar-refractivity contribution is 5.85. The van der Waals surface area contributed by atoms with E-state index in [0.717, 1.165) is 16.6 Å². The van der Waals surface area contributed by atoms with Crippen LogP contribution in [0.1, 0.15) is 36.6 Å². The number of nitrogens with zero attached hydrogens (tertiary/aromatic N) is 1. The third-order valence-electron chi connectivity index (χ3n) is 3.77. The summed E-state index contributed by atoms with van der Waals surface area (Å²) in [5.74, 6) is 0.761. The molecule has 0 saturated heterocycles. The molecule has 0 aliphatic heterocycles. The fraction of sp³-hybridized carbons (Fsp3) is 0.150. The summed E-state index contributed by atoms with van der Waals surface area (Å²) in [5, 5.41) is 10.8. The fourth-order valence-electron chi connectivity index (χ4n) is 2.41. The molecule has 0 amide bonds. The van der Waals surface area contributed by atoms with Gasteiger partial charge in [0.2, 0.25) is 0 Å². The summed E-state index contributed by atoms with van der Waals surface area (Å²) in [5.41, 5.74) is 3.95. The molecule has 3 rings (SSSR count). The maximum Gasteiger partial charge on any atom is 0.141 e. The van der Waals surface area contributed by atoms with Gasteiger partial charge < -0.3 is 5.11 Å². The molecule has 0 saturated carbocycles. The van der Waals surface area contributed by atoms with Gasteiger partial charge in [0.05, 0.1) is 5.69 Å². The number of aromatic hydroxyl groups is 1. The van der Waals surface area contributed by atoms with Crippen molar-refractivity contribution in [3.8, 4) is 5.75 Å². The smallest absolute Gasteiger partial charge is 0.141 e. The lowest BCUT2D eigenvalue weighted by molar-refractivity contribution is 0.480. The first kappa shape index (κ1) is 14.3. The quantitative estimate of drug-likeness (QED) is 0.715. The average Bonchev–Trinajstić information content (AvgIpc) is 2.54. The number of para-hydroxylation sites is 1. The molecular formula is C20H19NO. The van der Waals surface area contributed by atoms with Crippen molar-refractivity contribution in [1.29, 1.82) is 0 Å². The minimum atomic E-state index is 0.217. The van der Waals surface area contributed by atoms with E-state index in [1.54, 1.807) is 6.07 Å². The van der Waals surface area contributed by atoms with Crippen molar-refractivity contribution in [1.82, 2.24) is 4.98 Å². The number of benzene rings is 2. The SMILES string of the molecule is CC(C)c1ccc(/C=C/c2ccc3cccc(O)c3n2)cc1. The van der Waals surface area contributed by atoms with Crippen LogP contribution in [-0.4, -0.2) is 10.1 Å². The molecule has 1 N–H and O–H groups in total. The standard InChI is InChI=1S/C20H19NO/c1-14(2)16-9-6-15(7-10-16)8-12-18-13-11-17-4-3-5-19(22)20(17)21-18/h3-14,22H,1-2H3/b12-8+. The van der Waals surface area contributed by atoms with Crippen LogP contribution in [0.25, 0.3) is 23.1 Å². The van der Waals surface area contributed by atoms with E-state index >= 15 is 0 Å². The predicted octanol–water partition coefficient (Wildman–Crippen LogP) is 5.23. The largest absolute Gasteiger partial charge is 0.506 e. The van der Waals surface area contributed by atoms with Gasteiger partial charge in [-0.15, -0.1) is 0 Å². The average molecular weight is 289 g/mol. The lowest BCUT2D eigenvalue weighted by Crippen LogP contribution is -1.86. The van der Waals surface area contributed by atoms with Gasteiger partial charge in [0.25, 0.3) is 0 Å². The number of rotatable bonds is 3. The molecule has 0 unspecified atom stereocenters. The van der Waals surface area contributed by atoms with E-state index in [1.165, 1.54) is 5.56 Å². The van der Waals surface area contributed by atoms with Gasteiger partial charge in [-0.2, -0.15) is 0 Å². The molecule has 3 aromatic rings. The van der Waals surface area contributed by atoms with Crippen molar-refractivity contribution in [2.75, 3.05) is 0 Å². The summed E-state index contributed by atoms with van der Waals surface area (Å²) in [4.78, 5) is 4.50. The summed E-state index contributed by atoms with van der Waals surface area (Å²) < 4.78 is 0. The molecule has 0 fully saturated rings. The number of fused-ring (bicyclic) bond motifs is 1. The van der Waals surface area contributed by atoms with E-state index < -0.39 is 0 Å². The van der Waals surface area contributed by atoms with Gasteiger partial charge >= 0.3 is 0 Å². The van der Waals surface area contributed by atoms with Crippen LogP contribution >= 0.6 is 0 Å². The molecule has 2 nitrogen and oxygen atoms in total. The van der Waals surface area contributed by atoms with E-state index in [9.17, 15) is 5.11 Å². The van der Waals surface area contributed by atoms with Crippen LogP contribution in [0.2, 0.25) is 0 Å². The molecule has 22 heavy (non-hydrogen) atoms. The second kappa shape index (κ2) is 6.02. The molecule has 2 heteroatoms. The number of pyridine rings is 1. The lowest BCUT2D eigenvalue weighted by atomic mass is 10.0. The summed E-state index contributed by atoms with van der Waals surface area (Å²) in [6, 6.07) is 17.9. The van der Waals surface area contributed by atoms with Crippen LogP contribution in [0.15, 0.2) is 54.6 Å². The zero-order valence-electron chi connectivity index (χ0n) is 12.8. The molecule has 0 aliphatic rings. The van der Waals surface area contributed by atoms with Crippen molar-refractivity contribution >= 4 is 23.1 Å². The van der Waals surface area contributed by atoms with Crippen LogP contribution in [0.4, 0.5) is 0 Å². The zero-order valence-corrected chi connectivity index (χ0v) is 12.8. The van der Waals surface area contributed by atoms with Crippen molar-refractivity contribution in [3.05, 3.63) is 71.4 Å². The van der Waals surface area contributed by atoms with Crippen LogP contribution in [0, 0.1) is 0 Å². The topological polar surface area (TPSA) is 33.1 Å². The second-order valence-corrected chi connectivity index (χ2v) is 5.74. The van der Waals surface area contributed by atoms with Gasteiger partial charge in [-0.1, -0.05) is 62.4 Å². The molecule has 0 atom stereocenters. The van der Waals surface area contributed by atoms with Gasteiger partial charge in [-0.3, -0.25) is 0 Å². The summed E-state index contributed by atoms with van der Waals surface area (Å²) in [6.45, 7) is 4.38. The summed E-state index contributed by atoms with van der Waals surface area (Å²) in [7, 11) is 0. The van der Waals surface area contributed by atoms with Gasteiger partial charge in [-0.25, -0.2) is 4.98 Å². The lowest BCUT2D eigenvalue weighted by Gasteiger charge is -2.04. The molecule has 0 bridgehead atoms. The van der Waals surface area contributed by atoms with Crippen LogP contribution < -0.4 is 0 Å². The van der Waals surface area contributed by atoms with E-state index in [1.807, 2.05) is 36.4 Å². The normalized spacial score (nSPS) is 11.6. The molecule has 110 valence electrons. The molecule has 2 aromatic carbocycles. The summed E-state index contributed by atoms with van der Waals surface area (Å²) in [6.07, 6.45) is 4.01. The Bertz CT molecular complexity index is 817. The highest BCUT2D eigenvalue weighted by Gasteiger charge is 2.01. The minimum absolute atomic E-state index is 0.217. The van der Waals surface area contributed by atoms with Crippen molar-refractivity contribution < 1.29 is 5.11 Å². The van der Waals surface area contributed by atoms with Gasteiger partial charge in [0, 0.05) is 5.39 Å². The van der Waals surface area contributed by atoms with E-state index in [0.29, 0.717) is 11.4 Å². The van der Waals surface area contributed by atoms with Gasteiger partial charge in [-0.05, 0) is 35.3 Å². The number of hydrogen-bond donors (Lipinski definition) is 1. The summed E-state index contributed by atoms with van der Waals surface area (Å²) >= 11 is 0. The van der Waals surface area contributed by atoms with E-state index in [4.69, 9.17) is 0 Å². The Labute approximate surface area is 130 Å². The van der Waals surface area contributed by atoms with Crippen molar-refractivity contribution in [2.24, 2.45) is 0 Å². The highest BCUT2D eigenvalue weighted by Crippen LogP contribution is 2.23. The Morgan fingerprint density at radius 2 is 1.68 bits per heavy atom. The monoisotopic (exact) mass is 289 g/mol. The third-order valence-corrected chi connectivity index (χ3v) is 3.77. The maximum absolute atomic E-state index is 9.88. The van der Waals surface area contributed by atoms with E-state index in [2.05, 4.69) is 43.1 Å². The molecular weight excluding hydrogens is 270 g/mol. The van der Waals surface area contributed by atoms with Gasteiger partial charge in [0.15, 0.2) is 0 Å². The zero-order chi connectivity index (χ0) is 15.5. The van der Waals surface area contributed by atoms with Gasteiger partial charge in [0.1, 0.15) is 11.3 Å². The molecule has 1 aromatic heterocycles. The Morgan fingerprint density at radius 1 is 0.909 bits per heavy atom. The third kappa shape index (κ3) is 3.01. The number of aromatic nitrogens is 1. The highest BCUT2D eigenvalue weighted by atomic mass is 16.3. The first-order valence-electron chi connectivity index (χ1n) is 7.50. The van der Waals surface area contributed by atoms with Crippen molar-refractivity contribution in [2.45, 2.75) is 19.8 Å². The van der Waals surface area contributed by atoms with Crippen LogP contribution in [0.3, 0.4) is 0 Å². The van der Waals surface area contributed by atoms with Crippen LogP contribution in [0.5, 0.6) is 5.75 Å². The molecule has 1 heterocycles. The number of phenolic OH excluding ortho intramolecular Hbond substituents is 1. The predicted molar refractivity (Wildman–Crippen MR) is 92.9 cm³/mol. The Kier molecular flexibility index (Phi) is 3.92. The molecule has 0 aliphatic carbocycles. The Balaban J connectivity index is 1.87. The van der Waals surface area contributed by atoms with Crippen molar-refractivity contribution in [3.63, 3.8) is 0 Å². The molecule has 0 radical (unpaired) electrons. The fourth-order valence-corrected chi connectivity index (χ4v) is 2.41. The maximum atomic E-state index is 9.88.